The maximum Gasteiger partial charge on any atom is 0.254 e. The highest BCUT2D eigenvalue weighted by molar-refractivity contribution is 5.95. The largest absolute Gasteiger partial charge is 0.384 e. The number of carbonyl (C=O) groups excluding carboxylic acids is 1. The van der Waals surface area contributed by atoms with Crippen molar-refractivity contribution >= 4 is 11.7 Å². The number of hydrogen-bond donors (Lipinski definition) is 1. The summed E-state index contributed by atoms with van der Waals surface area (Å²) in [4.78, 5) is 18.7. The summed E-state index contributed by atoms with van der Waals surface area (Å²) in [7, 11) is 0. The van der Waals surface area contributed by atoms with Crippen LogP contribution in [0.5, 0.6) is 0 Å². The Morgan fingerprint density at radius 2 is 2.28 bits per heavy atom. The quantitative estimate of drug-likeness (QED) is 0.891. The lowest BCUT2D eigenvalue weighted by Gasteiger charge is -2.24. The smallest absolute Gasteiger partial charge is 0.254 e. The first-order chi connectivity index (χ1) is 8.65. The molecule has 1 saturated heterocycles. The van der Waals surface area contributed by atoms with E-state index >= 15 is 0 Å². The molecule has 1 aliphatic heterocycles. The summed E-state index contributed by atoms with van der Waals surface area (Å²) in [6, 6.07) is 3.94. The number of aryl methyl sites for hydroxylation is 1. The van der Waals surface area contributed by atoms with E-state index in [4.69, 9.17) is 5.73 Å². The maximum absolute atomic E-state index is 12.5. The first kappa shape index (κ1) is 12.9. The van der Waals surface area contributed by atoms with Crippen LogP contribution < -0.4 is 5.73 Å². The normalized spacial score (nSPS) is 19.2. The molecule has 4 nitrogen and oxygen atoms in total. The minimum atomic E-state index is 0.100. The molecule has 2 N–H and O–H groups in total. The van der Waals surface area contributed by atoms with E-state index in [1.54, 1.807) is 6.07 Å². The highest BCUT2D eigenvalue weighted by Crippen LogP contribution is 2.23. The molecule has 0 aliphatic carbocycles. The molecular weight excluding hydrogens is 226 g/mol. The van der Waals surface area contributed by atoms with Gasteiger partial charge in [-0.3, -0.25) is 4.79 Å². The van der Waals surface area contributed by atoms with Gasteiger partial charge in [0.05, 0.1) is 0 Å². The molecule has 98 valence electrons. The molecule has 1 amide bonds. The lowest BCUT2D eigenvalue weighted by atomic mass is 10.1. The minimum Gasteiger partial charge on any atom is -0.384 e. The topological polar surface area (TPSA) is 59.2 Å². The average molecular weight is 247 g/mol. The second-order valence-corrected chi connectivity index (χ2v) is 4.83. The number of aromatic nitrogens is 1. The molecule has 1 fully saturated rings. The van der Waals surface area contributed by atoms with Crippen LogP contribution in [0.3, 0.4) is 0 Å². The Labute approximate surface area is 108 Å². The van der Waals surface area contributed by atoms with Crippen molar-refractivity contribution in [2.24, 2.45) is 0 Å². The van der Waals surface area contributed by atoms with Gasteiger partial charge in [-0.15, -0.1) is 0 Å². The van der Waals surface area contributed by atoms with Gasteiger partial charge in [0.15, 0.2) is 0 Å². The molecule has 18 heavy (non-hydrogen) atoms. The predicted molar refractivity (Wildman–Crippen MR) is 72.4 cm³/mol. The number of hydrogen-bond acceptors (Lipinski definition) is 3. The van der Waals surface area contributed by atoms with Crippen LogP contribution in [0.1, 0.15) is 49.2 Å². The summed E-state index contributed by atoms with van der Waals surface area (Å²) >= 11 is 0. The molecule has 1 aromatic rings. The zero-order valence-corrected chi connectivity index (χ0v) is 11.1. The summed E-state index contributed by atoms with van der Waals surface area (Å²) < 4.78 is 0. The molecule has 1 unspecified atom stereocenters. The van der Waals surface area contributed by atoms with Crippen LogP contribution in [0, 0.1) is 0 Å². The molecule has 2 heterocycles. The zero-order valence-electron chi connectivity index (χ0n) is 11.1. The molecule has 1 aliphatic rings. The van der Waals surface area contributed by atoms with Crippen molar-refractivity contribution in [3.8, 4) is 0 Å². The SMILES string of the molecule is CCc1cc(C(=O)N2CCCC2CC)cc(N)n1. The van der Waals surface area contributed by atoms with Gasteiger partial charge in [0.25, 0.3) is 5.91 Å². The molecule has 2 rings (SSSR count). The van der Waals surface area contributed by atoms with Crippen molar-refractivity contribution in [2.45, 2.75) is 45.6 Å². The number of pyridine rings is 1. The summed E-state index contributed by atoms with van der Waals surface area (Å²) in [5.41, 5.74) is 7.32. The van der Waals surface area contributed by atoms with Gasteiger partial charge in [0, 0.05) is 23.8 Å². The fourth-order valence-corrected chi connectivity index (χ4v) is 2.61. The lowest BCUT2D eigenvalue weighted by molar-refractivity contribution is 0.0733. The van der Waals surface area contributed by atoms with Gasteiger partial charge in [0.2, 0.25) is 0 Å². The second-order valence-electron chi connectivity index (χ2n) is 4.83. The van der Waals surface area contributed by atoms with E-state index in [2.05, 4.69) is 11.9 Å². The highest BCUT2D eigenvalue weighted by Gasteiger charge is 2.28. The number of nitrogens with two attached hydrogens (primary N) is 1. The number of carbonyl (C=O) groups is 1. The molecule has 1 atom stereocenters. The fourth-order valence-electron chi connectivity index (χ4n) is 2.61. The Balaban J connectivity index is 2.25. The number of nitrogens with zero attached hydrogens (tertiary/aromatic N) is 2. The van der Waals surface area contributed by atoms with Crippen LogP contribution in [0.25, 0.3) is 0 Å². The molecule has 0 aromatic carbocycles. The number of anilines is 1. The van der Waals surface area contributed by atoms with Gasteiger partial charge in [-0.2, -0.15) is 0 Å². The monoisotopic (exact) mass is 247 g/mol. The predicted octanol–water partition coefficient (Wildman–Crippen LogP) is 2.24. The van der Waals surface area contributed by atoms with Gasteiger partial charge >= 0.3 is 0 Å². The van der Waals surface area contributed by atoms with E-state index in [0.29, 0.717) is 17.4 Å². The van der Waals surface area contributed by atoms with Crippen LogP contribution in [0.4, 0.5) is 5.82 Å². The Kier molecular flexibility index (Phi) is 3.84. The van der Waals surface area contributed by atoms with E-state index < -0.39 is 0 Å². The van der Waals surface area contributed by atoms with Crippen molar-refractivity contribution in [3.63, 3.8) is 0 Å². The fraction of sp³-hybridized carbons (Fsp3) is 0.571. The van der Waals surface area contributed by atoms with Gasteiger partial charge in [-0.05, 0) is 37.8 Å². The second kappa shape index (κ2) is 5.38. The third-order valence-corrected chi connectivity index (χ3v) is 3.62. The van der Waals surface area contributed by atoms with Crippen molar-refractivity contribution in [3.05, 3.63) is 23.4 Å². The average Bonchev–Trinajstić information content (AvgIpc) is 2.85. The van der Waals surface area contributed by atoms with E-state index in [1.807, 2.05) is 17.9 Å². The van der Waals surface area contributed by atoms with Gasteiger partial charge in [-0.25, -0.2) is 4.98 Å². The molecule has 1 aromatic heterocycles. The van der Waals surface area contributed by atoms with Crippen molar-refractivity contribution in [2.75, 3.05) is 12.3 Å². The van der Waals surface area contributed by atoms with E-state index in [-0.39, 0.29) is 5.91 Å². The lowest BCUT2D eigenvalue weighted by Crippen LogP contribution is -2.35. The molecule has 0 spiro atoms. The third kappa shape index (κ3) is 2.47. The summed E-state index contributed by atoms with van der Waals surface area (Å²) in [5, 5.41) is 0. The van der Waals surface area contributed by atoms with Crippen molar-refractivity contribution < 1.29 is 4.79 Å². The van der Waals surface area contributed by atoms with Crippen LogP contribution in [-0.2, 0) is 6.42 Å². The maximum atomic E-state index is 12.5. The summed E-state index contributed by atoms with van der Waals surface area (Å²) in [5.74, 6) is 0.535. The Morgan fingerprint density at radius 1 is 1.50 bits per heavy atom. The van der Waals surface area contributed by atoms with Crippen LogP contribution in [0.15, 0.2) is 12.1 Å². The first-order valence-electron chi connectivity index (χ1n) is 6.73. The van der Waals surface area contributed by atoms with Crippen LogP contribution >= 0.6 is 0 Å². The van der Waals surface area contributed by atoms with Gasteiger partial charge in [-0.1, -0.05) is 13.8 Å². The Hall–Kier alpha value is -1.58. The van der Waals surface area contributed by atoms with E-state index in [0.717, 1.165) is 37.9 Å². The van der Waals surface area contributed by atoms with Crippen LogP contribution in [0.2, 0.25) is 0 Å². The van der Waals surface area contributed by atoms with Crippen molar-refractivity contribution in [1.82, 2.24) is 9.88 Å². The Morgan fingerprint density at radius 3 is 2.94 bits per heavy atom. The standard InChI is InChI=1S/C14H21N3O/c1-3-11-8-10(9-13(15)16-11)14(18)17-7-5-6-12(17)4-2/h8-9,12H,3-7H2,1-2H3,(H2,15,16). The number of nitrogen functional groups attached to an aromatic ring is 1. The molecule has 0 radical (unpaired) electrons. The van der Waals surface area contributed by atoms with E-state index in [9.17, 15) is 4.79 Å². The van der Waals surface area contributed by atoms with Crippen molar-refractivity contribution in [1.29, 1.82) is 0 Å². The highest BCUT2D eigenvalue weighted by atomic mass is 16.2. The van der Waals surface area contributed by atoms with Gasteiger partial charge < -0.3 is 10.6 Å². The van der Waals surface area contributed by atoms with Crippen LogP contribution in [-0.4, -0.2) is 28.4 Å². The minimum absolute atomic E-state index is 0.100. The third-order valence-electron chi connectivity index (χ3n) is 3.62. The number of amides is 1. The van der Waals surface area contributed by atoms with E-state index in [1.165, 1.54) is 0 Å². The molecular formula is C14H21N3O. The number of likely N-dealkylation sites (tertiary alicyclic amines) is 1. The molecule has 0 bridgehead atoms. The van der Waals surface area contributed by atoms with Gasteiger partial charge in [0.1, 0.15) is 5.82 Å². The first-order valence-corrected chi connectivity index (χ1v) is 6.73. The zero-order chi connectivity index (χ0) is 13.1. The molecule has 0 saturated carbocycles. The summed E-state index contributed by atoms with van der Waals surface area (Å²) in [6.45, 7) is 5.01. The number of rotatable bonds is 3. The summed E-state index contributed by atoms with van der Waals surface area (Å²) in [6.07, 6.45) is 4.03. The Bertz CT molecular complexity index is 445. The molecule has 4 heteroatoms.